The summed E-state index contributed by atoms with van der Waals surface area (Å²) in [5.74, 6) is 0.00556. The van der Waals surface area contributed by atoms with Gasteiger partial charge in [0.1, 0.15) is 11.4 Å². The van der Waals surface area contributed by atoms with Gasteiger partial charge in [-0.2, -0.15) is 0 Å². The summed E-state index contributed by atoms with van der Waals surface area (Å²) in [6.45, 7) is 10.2. The summed E-state index contributed by atoms with van der Waals surface area (Å²) < 4.78 is 16.6. The van der Waals surface area contributed by atoms with Crippen molar-refractivity contribution >= 4 is 41.0 Å². The van der Waals surface area contributed by atoms with Gasteiger partial charge in [0.05, 0.1) is 22.8 Å². The zero-order valence-electron chi connectivity index (χ0n) is 18.1. The lowest BCUT2D eigenvalue weighted by Crippen LogP contribution is -2.44. The van der Waals surface area contributed by atoms with E-state index in [0.29, 0.717) is 0 Å². The van der Waals surface area contributed by atoms with Gasteiger partial charge < -0.3 is 35.0 Å². The van der Waals surface area contributed by atoms with E-state index in [0.717, 1.165) is 0 Å². The van der Waals surface area contributed by atoms with E-state index in [1.54, 1.807) is 13.8 Å². The van der Waals surface area contributed by atoms with Crippen LogP contribution in [0.1, 0.15) is 55.4 Å². The van der Waals surface area contributed by atoms with Gasteiger partial charge >= 0.3 is 6.75 Å². The van der Waals surface area contributed by atoms with Crippen LogP contribution in [0.3, 0.4) is 0 Å². The minimum absolute atomic E-state index is 0.00556. The molecule has 29 heavy (non-hydrogen) atoms. The van der Waals surface area contributed by atoms with Crippen molar-refractivity contribution in [1.82, 2.24) is 0 Å². The average molecular weight is 412 g/mol. The van der Waals surface area contributed by atoms with Crippen LogP contribution >= 0.6 is 0 Å². The van der Waals surface area contributed by atoms with Gasteiger partial charge in [-0.15, -0.1) is 15.5 Å². The highest BCUT2D eigenvalue weighted by Crippen LogP contribution is 2.23. The van der Waals surface area contributed by atoms with Crippen LogP contribution in [0.4, 0.5) is 0 Å². The Kier molecular flexibility index (Phi) is 11.0. The molecular formula is C16H29BN6O6-2. The zero-order chi connectivity index (χ0) is 22.6. The maximum Gasteiger partial charge on any atom is 0.609 e. The van der Waals surface area contributed by atoms with Crippen molar-refractivity contribution < 1.29 is 24.7 Å². The Morgan fingerprint density at radius 3 is 1.34 bits per heavy atom. The van der Waals surface area contributed by atoms with Crippen molar-refractivity contribution in [2.24, 2.45) is 36.9 Å². The van der Waals surface area contributed by atoms with E-state index < -0.39 is 6.75 Å². The molecule has 0 radical (unpaired) electrons. The molecule has 0 bridgehead atoms. The first-order valence-electron chi connectivity index (χ1n) is 8.90. The predicted molar refractivity (Wildman–Crippen MR) is 114 cm³/mol. The van der Waals surface area contributed by atoms with Gasteiger partial charge in [-0.25, -0.2) is 0 Å². The molecule has 0 aliphatic rings. The van der Waals surface area contributed by atoms with Gasteiger partial charge in [0.15, 0.2) is 0 Å². The molecule has 0 saturated heterocycles. The van der Waals surface area contributed by atoms with E-state index in [1.165, 1.54) is 27.7 Å². The highest BCUT2D eigenvalue weighted by atomic mass is 16.9. The summed E-state index contributed by atoms with van der Waals surface area (Å²) >= 11 is 0. The van der Waals surface area contributed by atoms with Crippen molar-refractivity contribution in [3.05, 3.63) is 5.21 Å². The molecule has 0 aromatic heterocycles. The molecule has 0 aliphatic heterocycles. The second-order valence-corrected chi connectivity index (χ2v) is 6.81. The van der Waals surface area contributed by atoms with E-state index >= 15 is 0 Å². The van der Waals surface area contributed by atoms with Crippen molar-refractivity contribution in [3.8, 4) is 0 Å². The number of nitrogens with zero attached hydrogens (tertiary/aromatic N) is 6. The Hall–Kier alpha value is -3.12. The number of hydrogen-bond acceptors (Lipinski definition) is 12. The monoisotopic (exact) mass is 412 g/mol. The molecule has 0 rings (SSSR count). The molecule has 0 aliphatic carbocycles. The number of hydrogen-bond donors (Lipinski definition) is 2. The summed E-state index contributed by atoms with van der Waals surface area (Å²) in [7, 11) is 0. The largest absolute Gasteiger partial charge is 0.792 e. The first-order chi connectivity index (χ1) is 13.5. The molecule has 0 aromatic carbocycles. The molecule has 0 spiro atoms. The van der Waals surface area contributed by atoms with Crippen LogP contribution in [0.5, 0.6) is 0 Å². The number of rotatable bonds is 11. The fraction of sp³-hybridized carbons (Fsp3) is 0.625. The molecule has 0 heterocycles. The Labute approximate surface area is 170 Å². The molecule has 0 aromatic rings. The predicted octanol–water partition coefficient (Wildman–Crippen LogP) is 3.42. The summed E-state index contributed by atoms with van der Waals surface area (Å²) in [4.78, 5) is 0. The molecule has 0 saturated carbocycles. The van der Waals surface area contributed by atoms with Gasteiger partial charge in [-0.3, -0.25) is 0 Å². The highest BCUT2D eigenvalue weighted by molar-refractivity contribution is 6.61. The van der Waals surface area contributed by atoms with Crippen molar-refractivity contribution in [3.63, 3.8) is 0 Å². The minimum Gasteiger partial charge on any atom is -0.792 e. The molecule has 0 amide bonds. The fourth-order valence-electron chi connectivity index (χ4n) is 1.65. The Morgan fingerprint density at radius 2 is 1.07 bits per heavy atom. The zero-order valence-corrected chi connectivity index (χ0v) is 18.1. The summed E-state index contributed by atoms with van der Waals surface area (Å²) in [6.07, 6.45) is 0.183. The van der Waals surface area contributed by atoms with E-state index in [9.17, 15) is 5.21 Å². The summed E-state index contributed by atoms with van der Waals surface area (Å²) in [5.41, 5.74) is 1.30. The molecule has 164 valence electrons. The highest BCUT2D eigenvalue weighted by Gasteiger charge is 2.39. The van der Waals surface area contributed by atoms with Crippen LogP contribution in [-0.2, 0) is 14.3 Å². The Morgan fingerprint density at radius 1 is 0.724 bits per heavy atom. The maximum atomic E-state index is 10.7. The molecule has 12 nitrogen and oxygen atoms in total. The third-order valence-electron chi connectivity index (χ3n) is 3.82. The fourth-order valence-corrected chi connectivity index (χ4v) is 1.65. The average Bonchev–Trinajstić information content (AvgIpc) is 2.71. The molecule has 13 heteroatoms. The lowest BCUT2D eigenvalue weighted by atomic mass is 9.70. The lowest BCUT2D eigenvalue weighted by molar-refractivity contribution is 0.0634. The first kappa shape index (κ1) is 25.9. The Balaban J connectivity index is 6.13. The number of oxime groups is 5. The molecular weight excluding hydrogens is 383 g/mol. The van der Waals surface area contributed by atoms with E-state index in [-0.39, 0.29) is 46.5 Å². The summed E-state index contributed by atoms with van der Waals surface area (Å²) in [5, 5.41) is 49.0. The van der Waals surface area contributed by atoms with Gasteiger partial charge in [0, 0.05) is 0 Å². The van der Waals surface area contributed by atoms with Crippen LogP contribution in [0.15, 0.2) is 30.9 Å². The van der Waals surface area contributed by atoms with Gasteiger partial charge in [0.25, 0.3) is 0 Å². The smallest absolute Gasteiger partial charge is 0.609 e. The van der Waals surface area contributed by atoms with Gasteiger partial charge in [-0.1, -0.05) is 30.1 Å². The van der Waals surface area contributed by atoms with Crippen LogP contribution in [0.25, 0.3) is 0 Å². The molecule has 0 atom stereocenters. The third-order valence-corrected chi connectivity index (χ3v) is 3.82. The van der Waals surface area contributed by atoms with Crippen molar-refractivity contribution in [1.29, 1.82) is 0 Å². The van der Waals surface area contributed by atoms with Crippen molar-refractivity contribution in [2.45, 2.75) is 61.7 Å². The van der Waals surface area contributed by atoms with Gasteiger partial charge in [0.2, 0.25) is 0 Å². The second-order valence-electron chi connectivity index (χ2n) is 6.81. The van der Waals surface area contributed by atoms with Crippen LogP contribution < -0.4 is 0 Å². The van der Waals surface area contributed by atoms with E-state index in [1.807, 2.05) is 13.8 Å². The van der Waals surface area contributed by atoms with Gasteiger partial charge in [-0.05, 0) is 47.9 Å². The third kappa shape index (κ3) is 9.08. The van der Waals surface area contributed by atoms with E-state index in [4.69, 9.17) is 24.7 Å². The normalized spacial score (nSPS) is 15.6. The second kappa shape index (κ2) is 12.4. The van der Waals surface area contributed by atoms with Crippen LogP contribution in [-0.4, -0.2) is 51.4 Å². The minimum atomic E-state index is -2.73. The standard InChI is InChI=1S/C16H30BN6O6/c1-10(2)9-17(27-21-14(6)11(3)18-24,28-22-15(7)12(4)19-25)29-23-16(8)13(5)20-26/h10,24-26H,9H2,1-8H3/q-1/p-1/b18-11+,19-12+,20-13+,21-14+,22-15+,23-16+. The van der Waals surface area contributed by atoms with Crippen molar-refractivity contribution in [2.75, 3.05) is 0 Å². The topological polar surface area (TPSA) is 165 Å². The summed E-state index contributed by atoms with van der Waals surface area (Å²) in [6, 6.07) is 0. The first-order valence-corrected chi connectivity index (χ1v) is 8.90. The Bertz CT molecular complexity index is 641. The molecule has 0 unspecified atom stereocenters. The SMILES string of the molecule is CC(=N\[O-])/C(C)=N/O[B-](CC(C)C)(O/N=C(C)/C(C)=N/O)O/N=C(C)/C(C)=N/O. The maximum absolute atomic E-state index is 10.7. The van der Waals surface area contributed by atoms with Crippen LogP contribution in [0, 0.1) is 11.1 Å². The molecule has 2 N–H and O–H groups in total. The quantitative estimate of drug-likeness (QED) is 0.228. The van der Waals surface area contributed by atoms with Crippen LogP contribution in [0.2, 0.25) is 6.32 Å². The lowest BCUT2D eigenvalue weighted by Gasteiger charge is -2.35. The van der Waals surface area contributed by atoms with E-state index in [2.05, 4.69) is 30.9 Å². The molecule has 0 fully saturated rings.